The molecule has 0 radical (unpaired) electrons. The van der Waals surface area contributed by atoms with Crippen LogP contribution in [-0.2, 0) is 16.6 Å². The normalized spacial score (nSPS) is 12.0. The third-order valence-corrected chi connectivity index (χ3v) is 4.93. The fraction of sp³-hybridized carbons (Fsp3) is 0.111. The molecule has 0 amide bonds. The van der Waals surface area contributed by atoms with Crippen molar-refractivity contribution in [1.29, 1.82) is 0 Å². The van der Waals surface area contributed by atoms with E-state index in [2.05, 4.69) is 4.98 Å². The Morgan fingerprint density at radius 3 is 2.54 bits per heavy atom. The first kappa shape index (κ1) is 16.1. The standard InChI is InChI=1S/C18H15NO4S/c1-23-14-8-6-12(7-9-14)11-24(22)17-15(18(20)21)10-13-4-2-3-5-16(13)19-17/h2-10H,11H2,1H3,(H,20,21). The molecule has 1 N–H and O–H groups in total. The zero-order chi connectivity index (χ0) is 17.1. The first-order valence-corrected chi connectivity index (χ1v) is 8.55. The molecule has 1 heterocycles. The average molecular weight is 341 g/mol. The first-order valence-electron chi connectivity index (χ1n) is 7.23. The summed E-state index contributed by atoms with van der Waals surface area (Å²) in [4.78, 5) is 15.8. The van der Waals surface area contributed by atoms with Crippen LogP contribution in [0.1, 0.15) is 15.9 Å². The van der Waals surface area contributed by atoms with E-state index in [4.69, 9.17) is 4.74 Å². The van der Waals surface area contributed by atoms with Crippen molar-refractivity contribution in [2.45, 2.75) is 10.8 Å². The third kappa shape index (κ3) is 3.28. The molecule has 0 aliphatic heterocycles. The average Bonchev–Trinajstić information content (AvgIpc) is 2.61. The summed E-state index contributed by atoms with van der Waals surface area (Å²) in [5.74, 6) is -0.235. The van der Waals surface area contributed by atoms with Gasteiger partial charge in [-0.1, -0.05) is 30.3 Å². The fourth-order valence-electron chi connectivity index (χ4n) is 2.37. The van der Waals surface area contributed by atoms with Crippen molar-refractivity contribution < 1.29 is 18.8 Å². The summed E-state index contributed by atoms with van der Waals surface area (Å²) in [5, 5.41) is 10.2. The Labute approximate surface area is 141 Å². The van der Waals surface area contributed by atoms with Crippen LogP contribution in [0.4, 0.5) is 0 Å². The van der Waals surface area contributed by atoms with Gasteiger partial charge in [0.15, 0.2) is 0 Å². The fourth-order valence-corrected chi connectivity index (χ4v) is 3.59. The van der Waals surface area contributed by atoms with E-state index in [9.17, 15) is 14.1 Å². The predicted molar refractivity (Wildman–Crippen MR) is 91.8 cm³/mol. The molecule has 3 aromatic rings. The minimum Gasteiger partial charge on any atom is -0.497 e. The second-order valence-electron chi connectivity index (χ2n) is 5.18. The summed E-state index contributed by atoms with van der Waals surface area (Å²) in [5.41, 5.74) is 1.42. The van der Waals surface area contributed by atoms with Crippen LogP contribution in [0.25, 0.3) is 10.9 Å². The van der Waals surface area contributed by atoms with Gasteiger partial charge in [-0.05, 0) is 29.8 Å². The maximum Gasteiger partial charge on any atom is 0.338 e. The van der Waals surface area contributed by atoms with Gasteiger partial charge in [-0.25, -0.2) is 9.78 Å². The highest BCUT2D eigenvalue weighted by Crippen LogP contribution is 2.22. The molecule has 5 nitrogen and oxygen atoms in total. The highest BCUT2D eigenvalue weighted by molar-refractivity contribution is 7.84. The molecule has 0 saturated heterocycles. The zero-order valence-corrected chi connectivity index (χ0v) is 13.7. The molecule has 0 aliphatic carbocycles. The van der Waals surface area contributed by atoms with Crippen LogP contribution in [0, 0.1) is 0 Å². The van der Waals surface area contributed by atoms with E-state index in [0.717, 1.165) is 5.56 Å². The SMILES string of the molecule is COc1ccc(CS(=O)c2nc3ccccc3cc2C(=O)O)cc1. The summed E-state index contributed by atoms with van der Waals surface area (Å²) in [7, 11) is 0.0108. The van der Waals surface area contributed by atoms with Crippen molar-refractivity contribution in [3.05, 3.63) is 65.7 Å². The molecule has 0 saturated carbocycles. The molecule has 1 aromatic heterocycles. The Bertz CT molecular complexity index is 922. The molecular formula is C18H15NO4S. The molecule has 3 rings (SSSR count). The molecule has 0 aliphatic rings. The van der Waals surface area contributed by atoms with Crippen molar-refractivity contribution >= 4 is 27.7 Å². The summed E-state index contributed by atoms with van der Waals surface area (Å²) in [6, 6.07) is 15.9. The maximum atomic E-state index is 12.7. The lowest BCUT2D eigenvalue weighted by Gasteiger charge is -2.08. The van der Waals surface area contributed by atoms with Crippen LogP contribution in [0.3, 0.4) is 0 Å². The lowest BCUT2D eigenvalue weighted by atomic mass is 10.1. The number of benzene rings is 2. The molecule has 0 fully saturated rings. The van der Waals surface area contributed by atoms with Crippen LogP contribution < -0.4 is 4.74 Å². The molecular weight excluding hydrogens is 326 g/mol. The smallest absolute Gasteiger partial charge is 0.338 e. The number of methoxy groups -OCH3 is 1. The monoisotopic (exact) mass is 341 g/mol. The van der Waals surface area contributed by atoms with Gasteiger partial charge < -0.3 is 9.84 Å². The van der Waals surface area contributed by atoms with E-state index in [1.807, 2.05) is 12.1 Å². The van der Waals surface area contributed by atoms with E-state index in [1.165, 1.54) is 6.07 Å². The number of carboxylic acid groups (broad SMARTS) is 1. The number of nitrogens with zero attached hydrogens (tertiary/aromatic N) is 1. The van der Waals surface area contributed by atoms with Gasteiger partial charge in [-0.15, -0.1) is 0 Å². The molecule has 122 valence electrons. The zero-order valence-electron chi connectivity index (χ0n) is 12.9. The number of aromatic carboxylic acids is 1. The number of hydrogen-bond acceptors (Lipinski definition) is 4. The second-order valence-corrected chi connectivity index (χ2v) is 6.54. The van der Waals surface area contributed by atoms with E-state index in [0.29, 0.717) is 16.7 Å². The number of carbonyl (C=O) groups is 1. The van der Waals surface area contributed by atoms with E-state index in [1.54, 1.807) is 43.5 Å². The first-order chi connectivity index (χ1) is 11.6. The maximum absolute atomic E-state index is 12.7. The summed E-state index contributed by atoms with van der Waals surface area (Å²) in [6.45, 7) is 0. The van der Waals surface area contributed by atoms with Crippen molar-refractivity contribution in [3.63, 3.8) is 0 Å². The Morgan fingerprint density at radius 2 is 1.88 bits per heavy atom. The number of para-hydroxylation sites is 1. The molecule has 6 heteroatoms. The number of aromatic nitrogens is 1. The van der Waals surface area contributed by atoms with Crippen LogP contribution in [0.15, 0.2) is 59.6 Å². The van der Waals surface area contributed by atoms with Gasteiger partial charge in [-0.2, -0.15) is 0 Å². The highest BCUT2D eigenvalue weighted by atomic mass is 32.2. The molecule has 24 heavy (non-hydrogen) atoms. The van der Waals surface area contributed by atoms with E-state index < -0.39 is 16.8 Å². The van der Waals surface area contributed by atoms with Crippen molar-refractivity contribution in [1.82, 2.24) is 4.98 Å². The number of ether oxygens (including phenoxy) is 1. The summed E-state index contributed by atoms with van der Waals surface area (Å²) in [6.07, 6.45) is 0. The van der Waals surface area contributed by atoms with Crippen molar-refractivity contribution in [3.8, 4) is 5.75 Å². The van der Waals surface area contributed by atoms with Gasteiger partial charge in [0.2, 0.25) is 0 Å². The van der Waals surface area contributed by atoms with Gasteiger partial charge in [0, 0.05) is 5.39 Å². The predicted octanol–water partition coefficient (Wildman–Crippen LogP) is 3.25. The lowest BCUT2D eigenvalue weighted by Crippen LogP contribution is -2.08. The highest BCUT2D eigenvalue weighted by Gasteiger charge is 2.19. The molecule has 1 atom stereocenters. The van der Waals surface area contributed by atoms with Crippen LogP contribution in [0.5, 0.6) is 5.75 Å². The van der Waals surface area contributed by atoms with Gasteiger partial charge in [0.1, 0.15) is 10.8 Å². The van der Waals surface area contributed by atoms with Crippen LogP contribution in [-0.4, -0.2) is 27.4 Å². The topological polar surface area (TPSA) is 76.5 Å². The van der Waals surface area contributed by atoms with Crippen molar-refractivity contribution in [2.24, 2.45) is 0 Å². The third-order valence-electron chi connectivity index (χ3n) is 3.59. The molecule has 0 bridgehead atoms. The largest absolute Gasteiger partial charge is 0.497 e. The molecule has 1 unspecified atom stereocenters. The van der Waals surface area contributed by atoms with Gasteiger partial charge in [-0.3, -0.25) is 4.21 Å². The van der Waals surface area contributed by atoms with Gasteiger partial charge >= 0.3 is 5.97 Å². The Morgan fingerprint density at radius 1 is 1.17 bits per heavy atom. The minimum atomic E-state index is -1.56. The minimum absolute atomic E-state index is 0.0273. The van der Waals surface area contributed by atoms with E-state index >= 15 is 0 Å². The Balaban J connectivity index is 1.98. The van der Waals surface area contributed by atoms with Gasteiger partial charge in [0.05, 0.1) is 34.7 Å². The second kappa shape index (κ2) is 6.80. The Kier molecular flexibility index (Phi) is 4.57. The number of pyridine rings is 1. The molecule has 2 aromatic carbocycles. The van der Waals surface area contributed by atoms with Gasteiger partial charge in [0.25, 0.3) is 0 Å². The number of fused-ring (bicyclic) bond motifs is 1. The summed E-state index contributed by atoms with van der Waals surface area (Å²) < 4.78 is 17.8. The number of carboxylic acids is 1. The van der Waals surface area contributed by atoms with E-state index in [-0.39, 0.29) is 16.3 Å². The number of hydrogen-bond donors (Lipinski definition) is 1. The quantitative estimate of drug-likeness (QED) is 0.771. The lowest BCUT2D eigenvalue weighted by molar-refractivity contribution is 0.0692. The summed E-state index contributed by atoms with van der Waals surface area (Å²) >= 11 is 0. The van der Waals surface area contributed by atoms with Crippen molar-refractivity contribution in [2.75, 3.05) is 7.11 Å². The molecule has 0 spiro atoms. The Hall–Kier alpha value is -2.73. The number of rotatable bonds is 5. The van der Waals surface area contributed by atoms with Crippen LogP contribution in [0.2, 0.25) is 0 Å². The van der Waals surface area contributed by atoms with Crippen LogP contribution >= 0.6 is 0 Å².